The van der Waals surface area contributed by atoms with Crippen LogP contribution in [0.15, 0.2) is 12.4 Å². The molecule has 3 heterocycles. The minimum absolute atomic E-state index is 0. The Morgan fingerprint density at radius 2 is 1.92 bits per heavy atom. The lowest BCUT2D eigenvalue weighted by molar-refractivity contribution is -0.126. The third-order valence-electron chi connectivity index (χ3n) is 5.14. The zero-order chi connectivity index (χ0) is 16.1. The van der Waals surface area contributed by atoms with E-state index in [0.29, 0.717) is 15.1 Å². The zero-order valence-corrected chi connectivity index (χ0v) is 14.7. The van der Waals surface area contributed by atoms with E-state index in [-0.39, 0.29) is 12.4 Å². The number of aromatic nitrogens is 2. The Morgan fingerprint density at radius 3 is 2.62 bits per heavy atom. The first-order chi connectivity index (χ1) is 10.9. The molecule has 0 aromatic carbocycles. The lowest BCUT2D eigenvalue weighted by atomic mass is 9.86. The topological polar surface area (TPSA) is 29.0 Å². The minimum Gasteiger partial charge on any atom is -0.355 e. The van der Waals surface area contributed by atoms with Crippen LogP contribution in [0.4, 0.5) is 19.0 Å². The van der Waals surface area contributed by atoms with Crippen LogP contribution in [0.2, 0.25) is 0 Å². The molecule has 0 bridgehead atoms. The molecule has 0 amide bonds. The maximum absolute atomic E-state index is 12.6. The van der Waals surface area contributed by atoms with Gasteiger partial charge < -0.3 is 4.90 Å². The third kappa shape index (κ3) is 3.33. The van der Waals surface area contributed by atoms with E-state index >= 15 is 0 Å². The molecule has 2 aromatic rings. The molecule has 1 spiro atoms. The van der Waals surface area contributed by atoms with Gasteiger partial charge in [-0.05, 0) is 30.7 Å². The molecule has 0 atom stereocenters. The Kier molecular flexibility index (Phi) is 4.68. The summed E-state index contributed by atoms with van der Waals surface area (Å²) in [4.78, 5) is 11.8. The number of anilines is 1. The molecular weight excluding hydrogens is 359 g/mol. The highest BCUT2D eigenvalue weighted by atomic mass is 35.5. The van der Waals surface area contributed by atoms with Crippen LogP contribution in [0.3, 0.4) is 0 Å². The van der Waals surface area contributed by atoms with Crippen molar-refractivity contribution in [3.63, 3.8) is 0 Å². The van der Waals surface area contributed by atoms with E-state index in [1.165, 1.54) is 32.0 Å². The smallest absolute Gasteiger partial charge is 0.355 e. The van der Waals surface area contributed by atoms with Crippen LogP contribution >= 0.6 is 23.7 Å². The lowest BCUT2D eigenvalue weighted by Crippen LogP contribution is -2.25. The maximum atomic E-state index is 12.6. The number of nitrogens with zero attached hydrogens (tertiary/aromatic N) is 3. The first-order valence-corrected chi connectivity index (χ1v) is 8.81. The number of rotatable bonds is 2. The zero-order valence-electron chi connectivity index (χ0n) is 13.1. The molecule has 24 heavy (non-hydrogen) atoms. The second-order valence-electron chi connectivity index (χ2n) is 6.80. The first kappa shape index (κ1) is 17.7. The highest BCUT2D eigenvalue weighted by Crippen LogP contribution is 2.47. The van der Waals surface area contributed by atoms with Crippen molar-refractivity contribution >= 4 is 39.8 Å². The van der Waals surface area contributed by atoms with E-state index in [1.54, 1.807) is 6.07 Å². The molecule has 3 nitrogen and oxygen atoms in total. The van der Waals surface area contributed by atoms with Gasteiger partial charge in [0.25, 0.3) is 0 Å². The molecule has 1 aliphatic heterocycles. The Labute approximate surface area is 148 Å². The van der Waals surface area contributed by atoms with E-state index in [2.05, 4.69) is 14.9 Å². The number of hydrogen-bond donors (Lipinski definition) is 0. The molecule has 132 valence electrons. The molecule has 0 unspecified atom stereocenters. The van der Waals surface area contributed by atoms with Gasteiger partial charge in [-0.15, -0.1) is 23.7 Å². The summed E-state index contributed by atoms with van der Waals surface area (Å²) >= 11 is 1.12. The van der Waals surface area contributed by atoms with Gasteiger partial charge in [0.15, 0.2) is 0 Å². The average molecular weight is 378 g/mol. The molecule has 8 heteroatoms. The van der Waals surface area contributed by atoms with E-state index in [1.807, 2.05) is 0 Å². The molecule has 1 saturated heterocycles. The van der Waals surface area contributed by atoms with Gasteiger partial charge >= 0.3 is 6.18 Å². The summed E-state index contributed by atoms with van der Waals surface area (Å²) in [7, 11) is 0. The maximum Gasteiger partial charge on any atom is 0.393 e. The van der Waals surface area contributed by atoms with Crippen molar-refractivity contribution in [2.75, 3.05) is 18.0 Å². The Hall–Kier alpha value is -1.08. The summed E-state index contributed by atoms with van der Waals surface area (Å²) < 4.78 is 37.9. The fraction of sp³-hybridized carbons (Fsp3) is 0.625. The van der Waals surface area contributed by atoms with E-state index in [9.17, 15) is 13.2 Å². The summed E-state index contributed by atoms with van der Waals surface area (Å²) in [6.07, 6.45) is 2.68. The molecule has 2 fully saturated rings. The standard InChI is InChI=1S/C16H18F3N3S.ClH/c17-16(18,19)8-11-7-12-13(20-10-21-14(12)23-11)22-6-5-15(9-22)3-1-2-4-15;/h7,10H,1-6,8-9H2;1H. The third-order valence-corrected chi connectivity index (χ3v) is 6.18. The van der Waals surface area contributed by atoms with Crippen LogP contribution in [0.1, 0.15) is 37.0 Å². The van der Waals surface area contributed by atoms with Crippen LogP contribution in [0.5, 0.6) is 0 Å². The largest absolute Gasteiger partial charge is 0.393 e. The lowest BCUT2D eigenvalue weighted by Gasteiger charge is -2.24. The predicted molar refractivity (Wildman–Crippen MR) is 92.2 cm³/mol. The van der Waals surface area contributed by atoms with E-state index in [0.717, 1.165) is 42.1 Å². The number of thiophene rings is 1. The van der Waals surface area contributed by atoms with Gasteiger partial charge in [-0.2, -0.15) is 13.2 Å². The highest BCUT2D eigenvalue weighted by molar-refractivity contribution is 7.18. The molecule has 1 saturated carbocycles. The molecule has 1 aliphatic carbocycles. The van der Waals surface area contributed by atoms with Gasteiger partial charge in [-0.3, -0.25) is 0 Å². The van der Waals surface area contributed by atoms with E-state index < -0.39 is 12.6 Å². The van der Waals surface area contributed by atoms with Gasteiger partial charge in [-0.1, -0.05) is 12.8 Å². The number of fused-ring (bicyclic) bond motifs is 1. The quantitative estimate of drug-likeness (QED) is 0.738. The van der Waals surface area contributed by atoms with Crippen molar-refractivity contribution in [2.45, 2.75) is 44.7 Å². The predicted octanol–water partition coefficient (Wildman–Crippen LogP) is 4.99. The van der Waals surface area contributed by atoms with Gasteiger partial charge in [0, 0.05) is 18.0 Å². The fourth-order valence-electron chi connectivity index (χ4n) is 4.08. The van der Waals surface area contributed by atoms with Crippen LogP contribution in [0, 0.1) is 5.41 Å². The van der Waals surface area contributed by atoms with Crippen molar-refractivity contribution in [3.05, 3.63) is 17.3 Å². The summed E-state index contributed by atoms with van der Waals surface area (Å²) in [5, 5.41) is 0.770. The van der Waals surface area contributed by atoms with Crippen molar-refractivity contribution < 1.29 is 13.2 Å². The van der Waals surface area contributed by atoms with Gasteiger partial charge in [0.05, 0.1) is 11.8 Å². The number of halogens is 4. The Balaban J connectivity index is 0.00000169. The monoisotopic (exact) mass is 377 g/mol. The van der Waals surface area contributed by atoms with Crippen molar-refractivity contribution in [2.24, 2.45) is 5.41 Å². The van der Waals surface area contributed by atoms with Gasteiger partial charge in [0.2, 0.25) is 0 Å². The second kappa shape index (κ2) is 6.33. The Bertz CT molecular complexity index is 725. The van der Waals surface area contributed by atoms with Crippen LogP contribution in [-0.2, 0) is 6.42 Å². The summed E-state index contributed by atoms with van der Waals surface area (Å²) in [6.45, 7) is 1.92. The summed E-state index contributed by atoms with van der Waals surface area (Å²) in [6, 6.07) is 1.63. The average Bonchev–Trinajstić information content (AvgIpc) is 3.17. The van der Waals surface area contributed by atoms with Crippen molar-refractivity contribution in [1.29, 1.82) is 0 Å². The van der Waals surface area contributed by atoms with Gasteiger partial charge in [-0.25, -0.2) is 9.97 Å². The summed E-state index contributed by atoms with van der Waals surface area (Å²) in [5.41, 5.74) is 0.405. The SMILES string of the molecule is Cl.FC(F)(F)Cc1cc2c(N3CCC4(CCCC4)C3)ncnc2s1. The Morgan fingerprint density at radius 1 is 1.17 bits per heavy atom. The molecule has 0 N–H and O–H groups in total. The van der Waals surface area contributed by atoms with Crippen LogP contribution in [0.25, 0.3) is 10.2 Å². The van der Waals surface area contributed by atoms with Crippen LogP contribution in [-0.4, -0.2) is 29.2 Å². The number of alkyl halides is 3. The molecular formula is C16H19ClF3N3S. The molecule has 2 aromatic heterocycles. The van der Waals surface area contributed by atoms with Crippen LogP contribution < -0.4 is 4.90 Å². The number of hydrogen-bond acceptors (Lipinski definition) is 4. The first-order valence-electron chi connectivity index (χ1n) is 7.99. The van der Waals surface area contributed by atoms with Crippen molar-refractivity contribution in [3.8, 4) is 0 Å². The minimum atomic E-state index is -4.18. The molecule has 0 radical (unpaired) electrons. The second-order valence-corrected chi connectivity index (χ2v) is 7.91. The highest BCUT2D eigenvalue weighted by Gasteiger charge is 2.41. The normalized spacial score (nSPS) is 20.0. The summed E-state index contributed by atoms with van der Waals surface area (Å²) in [5.74, 6) is 0.809. The molecule has 2 aliphatic rings. The van der Waals surface area contributed by atoms with Gasteiger partial charge in [0.1, 0.15) is 17.0 Å². The van der Waals surface area contributed by atoms with Crippen molar-refractivity contribution in [1.82, 2.24) is 9.97 Å². The fourth-order valence-corrected chi connectivity index (χ4v) is 5.10. The molecule has 4 rings (SSSR count). The van der Waals surface area contributed by atoms with E-state index in [4.69, 9.17) is 0 Å².